The van der Waals surface area contributed by atoms with Crippen LogP contribution in [0.4, 0.5) is 5.82 Å². The Morgan fingerprint density at radius 2 is 1.72 bits per heavy atom. The van der Waals surface area contributed by atoms with Gasteiger partial charge >= 0.3 is 0 Å². The van der Waals surface area contributed by atoms with Gasteiger partial charge in [-0.1, -0.05) is 30.3 Å². The summed E-state index contributed by atoms with van der Waals surface area (Å²) in [5.41, 5.74) is 3.30. The molecule has 3 aromatic heterocycles. The van der Waals surface area contributed by atoms with Gasteiger partial charge in [0.25, 0.3) is 0 Å². The van der Waals surface area contributed by atoms with Gasteiger partial charge in [-0.15, -0.1) is 11.3 Å². The van der Waals surface area contributed by atoms with Crippen LogP contribution >= 0.6 is 11.3 Å². The minimum Gasteiger partial charge on any atom is -0.372 e. The number of ether oxygens (including phenoxy) is 1. The first-order chi connectivity index (χ1) is 14.2. The normalized spacial score (nSPS) is 19.6. The molecule has 0 bridgehead atoms. The van der Waals surface area contributed by atoms with Crippen LogP contribution in [0.3, 0.4) is 0 Å². The van der Waals surface area contributed by atoms with Gasteiger partial charge in [-0.2, -0.15) is 0 Å². The number of aromatic nitrogens is 3. The van der Waals surface area contributed by atoms with E-state index in [-0.39, 0.29) is 12.2 Å². The van der Waals surface area contributed by atoms with E-state index in [2.05, 4.69) is 53.4 Å². The smallest absolute Gasteiger partial charge is 0.164 e. The molecule has 4 heterocycles. The van der Waals surface area contributed by atoms with Crippen molar-refractivity contribution < 1.29 is 4.74 Å². The number of anilines is 1. The van der Waals surface area contributed by atoms with E-state index >= 15 is 0 Å². The molecule has 5 nitrogen and oxygen atoms in total. The maximum absolute atomic E-state index is 5.97. The number of hydrogen-bond donors (Lipinski definition) is 0. The number of nitrogens with zero attached hydrogens (tertiary/aromatic N) is 4. The molecular formula is C23H22N4OS. The topological polar surface area (TPSA) is 51.1 Å². The van der Waals surface area contributed by atoms with Gasteiger partial charge < -0.3 is 9.64 Å². The van der Waals surface area contributed by atoms with Crippen molar-refractivity contribution in [3.05, 3.63) is 60.2 Å². The zero-order valence-corrected chi connectivity index (χ0v) is 17.3. The highest BCUT2D eigenvalue weighted by Crippen LogP contribution is 2.40. The van der Waals surface area contributed by atoms with Gasteiger partial charge in [0, 0.05) is 42.0 Å². The summed E-state index contributed by atoms with van der Waals surface area (Å²) < 4.78 is 5.97. The highest BCUT2D eigenvalue weighted by Gasteiger charge is 2.27. The lowest BCUT2D eigenvalue weighted by Crippen LogP contribution is -2.46. The maximum atomic E-state index is 5.97. The minimum atomic E-state index is 0.157. The third kappa shape index (κ3) is 3.50. The van der Waals surface area contributed by atoms with E-state index < -0.39 is 0 Å². The van der Waals surface area contributed by atoms with Crippen molar-refractivity contribution >= 4 is 27.4 Å². The number of pyridine rings is 1. The quantitative estimate of drug-likeness (QED) is 0.481. The average molecular weight is 403 g/mol. The molecule has 1 aliphatic heterocycles. The predicted molar refractivity (Wildman–Crippen MR) is 118 cm³/mol. The second kappa shape index (κ2) is 7.54. The molecule has 146 valence electrons. The van der Waals surface area contributed by atoms with E-state index in [1.807, 2.05) is 24.4 Å². The molecule has 0 aliphatic carbocycles. The molecule has 1 fully saturated rings. The van der Waals surface area contributed by atoms with Gasteiger partial charge in [0.05, 0.1) is 17.6 Å². The fourth-order valence-corrected chi connectivity index (χ4v) is 4.90. The number of morpholine rings is 1. The van der Waals surface area contributed by atoms with Gasteiger partial charge in [0.2, 0.25) is 0 Å². The number of thiophene rings is 1. The Balaban J connectivity index is 1.73. The zero-order chi connectivity index (χ0) is 19.8. The summed E-state index contributed by atoms with van der Waals surface area (Å²) in [6, 6.07) is 14.4. The molecule has 1 aliphatic rings. The molecule has 1 aromatic carbocycles. The molecule has 0 N–H and O–H groups in total. The Morgan fingerprint density at radius 3 is 2.45 bits per heavy atom. The van der Waals surface area contributed by atoms with E-state index in [0.29, 0.717) is 5.82 Å². The molecule has 0 radical (unpaired) electrons. The van der Waals surface area contributed by atoms with Gasteiger partial charge in [-0.3, -0.25) is 4.98 Å². The molecule has 2 atom stereocenters. The molecule has 0 spiro atoms. The average Bonchev–Trinajstić information content (AvgIpc) is 3.18. The molecule has 6 heteroatoms. The Morgan fingerprint density at radius 1 is 0.966 bits per heavy atom. The molecule has 4 aromatic rings. The summed E-state index contributed by atoms with van der Waals surface area (Å²) in [5.74, 6) is 1.70. The van der Waals surface area contributed by atoms with E-state index in [9.17, 15) is 0 Å². The van der Waals surface area contributed by atoms with Crippen LogP contribution in [0.15, 0.2) is 60.2 Å². The first-order valence-electron chi connectivity index (χ1n) is 9.84. The van der Waals surface area contributed by atoms with Crippen molar-refractivity contribution in [1.82, 2.24) is 15.0 Å². The molecular weight excluding hydrogens is 380 g/mol. The monoisotopic (exact) mass is 402 g/mol. The Hall–Kier alpha value is -2.83. The maximum Gasteiger partial charge on any atom is 0.164 e. The lowest BCUT2D eigenvalue weighted by atomic mass is 10.1. The highest BCUT2D eigenvalue weighted by molar-refractivity contribution is 7.17. The third-order valence-electron chi connectivity index (χ3n) is 5.14. The summed E-state index contributed by atoms with van der Waals surface area (Å²) in [5, 5.41) is 3.31. The Bertz CT molecular complexity index is 1120. The zero-order valence-electron chi connectivity index (χ0n) is 16.4. The van der Waals surface area contributed by atoms with Crippen LogP contribution in [-0.4, -0.2) is 40.2 Å². The van der Waals surface area contributed by atoms with Crippen molar-refractivity contribution in [3.63, 3.8) is 0 Å². The lowest BCUT2D eigenvalue weighted by molar-refractivity contribution is -0.00536. The molecule has 0 amide bonds. The van der Waals surface area contributed by atoms with Crippen molar-refractivity contribution in [2.75, 3.05) is 18.0 Å². The summed E-state index contributed by atoms with van der Waals surface area (Å²) in [4.78, 5) is 17.5. The van der Waals surface area contributed by atoms with E-state index in [1.165, 1.54) is 11.1 Å². The fraction of sp³-hybridized carbons (Fsp3) is 0.261. The second-order valence-electron chi connectivity index (χ2n) is 7.47. The number of benzene rings is 1. The minimum absolute atomic E-state index is 0.157. The van der Waals surface area contributed by atoms with Crippen LogP contribution in [0.2, 0.25) is 0 Å². The second-order valence-corrected chi connectivity index (χ2v) is 8.33. The first kappa shape index (κ1) is 18.2. The predicted octanol–water partition coefficient (Wildman–Crippen LogP) is 5.03. The SMILES string of the molecule is C[C@@H]1CN(c2nc(-c3cccnc3)nc3scc(-c4ccccc4)c23)C[C@@H](C)O1. The molecule has 0 saturated carbocycles. The van der Waals surface area contributed by atoms with E-state index in [0.717, 1.165) is 34.7 Å². The third-order valence-corrected chi connectivity index (χ3v) is 6.01. The molecule has 29 heavy (non-hydrogen) atoms. The lowest BCUT2D eigenvalue weighted by Gasteiger charge is -2.36. The highest BCUT2D eigenvalue weighted by atomic mass is 32.1. The van der Waals surface area contributed by atoms with Crippen molar-refractivity contribution in [1.29, 1.82) is 0 Å². The van der Waals surface area contributed by atoms with Crippen LogP contribution < -0.4 is 4.90 Å². The first-order valence-corrected chi connectivity index (χ1v) is 10.7. The van der Waals surface area contributed by atoms with E-state index in [1.54, 1.807) is 17.5 Å². The fourth-order valence-electron chi connectivity index (χ4n) is 3.96. The van der Waals surface area contributed by atoms with Gasteiger partial charge in [0.15, 0.2) is 5.82 Å². The van der Waals surface area contributed by atoms with Crippen molar-refractivity contribution in [3.8, 4) is 22.5 Å². The van der Waals surface area contributed by atoms with Crippen LogP contribution in [-0.2, 0) is 4.74 Å². The number of fused-ring (bicyclic) bond motifs is 1. The van der Waals surface area contributed by atoms with Crippen molar-refractivity contribution in [2.24, 2.45) is 0 Å². The summed E-state index contributed by atoms with van der Waals surface area (Å²) in [7, 11) is 0. The van der Waals surface area contributed by atoms with Gasteiger partial charge in [0.1, 0.15) is 10.6 Å². The number of hydrogen-bond acceptors (Lipinski definition) is 6. The van der Waals surface area contributed by atoms with Gasteiger partial charge in [-0.05, 0) is 31.5 Å². The summed E-state index contributed by atoms with van der Waals surface area (Å²) in [6.45, 7) is 5.86. The van der Waals surface area contributed by atoms with Crippen LogP contribution in [0.1, 0.15) is 13.8 Å². The molecule has 1 saturated heterocycles. The molecule has 0 unspecified atom stereocenters. The molecule has 5 rings (SSSR count). The van der Waals surface area contributed by atoms with Gasteiger partial charge in [-0.25, -0.2) is 9.97 Å². The standard InChI is InChI=1S/C23H22N4OS/c1-15-12-27(13-16(2)28-15)22-20-19(17-7-4-3-5-8-17)14-29-23(20)26-21(25-22)18-9-6-10-24-11-18/h3-11,14-16H,12-13H2,1-2H3/t15-,16-/m1/s1. The Kier molecular flexibility index (Phi) is 4.73. The van der Waals surface area contributed by atoms with Crippen molar-refractivity contribution in [2.45, 2.75) is 26.1 Å². The van der Waals surface area contributed by atoms with E-state index in [4.69, 9.17) is 14.7 Å². The summed E-state index contributed by atoms with van der Waals surface area (Å²) >= 11 is 1.67. The Labute approximate surface area is 174 Å². The number of rotatable bonds is 3. The van der Waals surface area contributed by atoms with Crippen LogP contribution in [0.25, 0.3) is 32.7 Å². The largest absolute Gasteiger partial charge is 0.372 e. The summed E-state index contributed by atoms with van der Waals surface area (Å²) in [6.07, 6.45) is 3.91. The van der Waals surface area contributed by atoms with Crippen LogP contribution in [0, 0.1) is 0 Å². The van der Waals surface area contributed by atoms with Crippen LogP contribution in [0.5, 0.6) is 0 Å².